The number of benzene rings is 2. The minimum absolute atomic E-state index is 0.873. The number of hydrogen-bond acceptors (Lipinski definition) is 5. The van der Waals surface area contributed by atoms with Crippen LogP contribution in [-0.2, 0) is 6.42 Å². The number of nitrogens with zero attached hydrogens (tertiary/aromatic N) is 3. The van der Waals surface area contributed by atoms with Crippen LogP contribution in [0.15, 0.2) is 67.0 Å². The topological polar surface area (TPSA) is 50.7 Å². The maximum absolute atomic E-state index is 4.32. The van der Waals surface area contributed by atoms with Gasteiger partial charge in [0.1, 0.15) is 5.01 Å². The molecule has 1 N–H and O–H groups in total. The van der Waals surface area contributed by atoms with Crippen LogP contribution in [0.2, 0.25) is 0 Å². The molecule has 2 aromatic carbocycles. The average molecular weight is 346 g/mol. The first-order valence-electron chi connectivity index (χ1n) is 8.34. The number of fused-ring (bicyclic) bond motifs is 1. The maximum atomic E-state index is 4.32. The number of anilines is 1. The molecule has 0 atom stereocenters. The summed E-state index contributed by atoms with van der Waals surface area (Å²) in [6, 6.07) is 18.8. The highest BCUT2D eigenvalue weighted by molar-refractivity contribution is 7.18. The third kappa shape index (κ3) is 3.83. The first kappa shape index (κ1) is 15.7. The van der Waals surface area contributed by atoms with E-state index in [0.717, 1.165) is 40.5 Å². The Morgan fingerprint density at radius 2 is 1.84 bits per heavy atom. The van der Waals surface area contributed by atoms with Gasteiger partial charge in [-0.1, -0.05) is 53.8 Å². The fourth-order valence-electron chi connectivity index (χ4n) is 2.76. The largest absolute Gasteiger partial charge is 0.360 e. The van der Waals surface area contributed by atoms with Crippen LogP contribution in [0.5, 0.6) is 0 Å². The Hall–Kier alpha value is -2.79. The minimum Gasteiger partial charge on any atom is -0.360 e. The van der Waals surface area contributed by atoms with Crippen LogP contribution >= 0.6 is 11.3 Å². The Morgan fingerprint density at radius 1 is 0.920 bits per heavy atom. The van der Waals surface area contributed by atoms with Crippen molar-refractivity contribution in [2.45, 2.75) is 12.8 Å². The number of rotatable bonds is 6. The van der Waals surface area contributed by atoms with Crippen LogP contribution < -0.4 is 5.32 Å². The van der Waals surface area contributed by atoms with Gasteiger partial charge in [-0.15, -0.1) is 10.2 Å². The second-order valence-electron chi connectivity index (χ2n) is 5.87. The summed E-state index contributed by atoms with van der Waals surface area (Å²) in [7, 11) is 0. The number of hydrogen-bond donors (Lipinski definition) is 1. The summed E-state index contributed by atoms with van der Waals surface area (Å²) in [4.78, 5) is 4.15. The molecule has 4 rings (SSSR count). The van der Waals surface area contributed by atoms with Crippen molar-refractivity contribution in [2.75, 3.05) is 11.9 Å². The predicted octanol–water partition coefficient (Wildman–Crippen LogP) is 4.80. The van der Waals surface area contributed by atoms with Crippen LogP contribution in [0.3, 0.4) is 0 Å². The third-order valence-corrected chi connectivity index (χ3v) is 5.00. The van der Waals surface area contributed by atoms with Crippen LogP contribution in [0.4, 0.5) is 5.13 Å². The average Bonchev–Trinajstić information content (AvgIpc) is 3.15. The summed E-state index contributed by atoms with van der Waals surface area (Å²) in [6.07, 6.45) is 5.82. The Kier molecular flexibility index (Phi) is 4.65. The summed E-state index contributed by atoms with van der Waals surface area (Å²) in [5, 5.41) is 16.1. The number of pyridine rings is 1. The maximum Gasteiger partial charge on any atom is 0.206 e. The van der Waals surface area contributed by atoms with Gasteiger partial charge in [-0.05, 0) is 35.9 Å². The predicted molar refractivity (Wildman–Crippen MR) is 104 cm³/mol. The normalized spacial score (nSPS) is 10.9. The van der Waals surface area contributed by atoms with Gasteiger partial charge < -0.3 is 5.32 Å². The lowest BCUT2D eigenvalue weighted by Crippen LogP contribution is -2.02. The van der Waals surface area contributed by atoms with Crippen molar-refractivity contribution in [2.24, 2.45) is 0 Å². The summed E-state index contributed by atoms with van der Waals surface area (Å²) < 4.78 is 0. The summed E-state index contributed by atoms with van der Waals surface area (Å²) in [6.45, 7) is 0.896. The van der Waals surface area contributed by atoms with E-state index in [2.05, 4.69) is 63.0 Å². The highest BCUT2D eigenvalue weighted by atomic mass is 32.1. The molecule has 4 nitrogen and oxygen atoms in total. The van der Waals surface area contributed by atoms with E-state index in [1.165, 1.54) is 10.9 Å². The fourth-order valence-corrected chi connectivity index (χ4v) is 3.53. The number of nitrogens with one attached hydrogen (secondary N) is 1. The van der Waals surface area contributed by atoms with Crippen molar-refractivity contribution in [3.63, 3.8) is 0 Å². The molecule has 25 heavy (non-hydrogen) atoms. The molecule has 2 heterocycles. The van der Waals surface area contributed by atoms with Crippen LogP contribution in [0.25, 0.3) is 21.3 Å². The van der Waals surface area contributed by atoms with Gasteiger partial charge in [0, 0.05) is 29.9 Å². The lowest BCUT2D eigenvalue weighted by atomic mass is 10.1. The van der Waals surface area contributed by atoms with Crippen molar-refractivity contribution >= 4 is 27.2 Å². The molecule has 2 aromatic heterocycles. The van der Waals surface area contributed by atoms with Gasteiger partial charge >= 0.3 is 0 Å². The van der Waals surface area contributed by atoms with Crippen LogP contribution in [0.1, 0.15) is 12.0 Å². The zero-order valence-corrected chi connectivity index (χ0v) is 14.5. The third-order valence-electron chi connectivity index (χ3n) is 4.07. The first-order chi connectivity index (χ1) is 12.4. The van der Waals surface area contributed by atoms with Crippen molar-refractivity contribution in [3.8, 4) is 10.6 Å². The van der Waals surface area contributed by atoms with E-state index in [1.807, 2.05) is 24.5 Å². The molecule has 0 radical (unpaired) electrons. The van der Waals surface area contributed by atoms with E-state index in [-0.39, 0.29) is 0 Å². The van der Waals surface area contributed by atoms with Gasteiger partial charge in [0.25, 0.3) is 0 Å². The molecule has 5 heteroatoms. The van der Waals surface area contributed by atoms with Gasteiger partial charge in [0.2, 0.25) is 5.13 Å². The molecule has 124 valence electrons. The van der Waals surface area contributed by atoms with Gasteiger partial charge in [-0.25, -0.2) is 0 Å². The standard InChI is InChI=1S/C20H18N4S/c1-2-5-15(6-3-1)7-4-11-22-20-24-23-19(25-20)17-8-9-18-14-21-12-10-16(18)13-17/h1-3,5-6,8-10,12-14H,4,7,11H2,(H,22,24). The molecule has 0 aliphatic heterocycles. The van der Waals surface area contributed by atoms with Gasteiger partial charge in [0.05, 0.1) is 0 Å². The van der Waals surface area contributed by atoms with Crippen LogP contribution in [0, 0.1) is 0 Å². The molecule has 0 saturated heterocycles. The summed E-state index contributed by atoms with van der Waals surface area (Å²) >= 11 is 1.59. The summed E-state index contributed by atoms with van der Waals surface area (Å²) in [5.41, 5.74) is 2.46. The van der Waals surface area contributed by atoms with Gasteiger partial charge in [-0.2, -0.15) is 0 Å². The van der Waals surface area contributed by atoms with Gasteiger partial charge in [0.15, 0.2) is 0 Å². The van der Waals surface area contributed by atoms with E-state index in [1.54, 1.807) is 11.3 Å². The number of aryl methyl sites for hydroxylation is 1. The molecule has 0 aliphatic carbocycles. The second-order valence-corrected chi connectivity index (χ2v) is 6.84. The molecule has 0 fully saturated rings. The first-order valence-corrected chi connectivity index (χ1v) is 9.15. The SMILES string of the molecule is c1ccc(CCCNc2nnc(-c3ccc4cnccc4c3)s2)cc1. The molecule has 4 aromatic rings. The van der Waals surface area contributed by atoms with Crippen molar-refractivity contribution in [1.82, 2.24) is 15.2 Å². The van der Waals surface area contributed by atoms with Crippen molar-refractivity contribution < 1.29 is 0 Å². The van der Waals surface area contributed by atoms with E-state index in [4.69, 9.17) is 0 Å². The zero-order valence-electron chi connectivity index (χ0n) is 13.7. The lowest BCUT2D eigenvalue weighted by molar-refractivity contribution is 0.859. The molecule has 0 aliphatic rings. The quantitative estimate of drug-likeness (QED) is 0.510. The Bertz CT molecular complexity index is 966. The van der Waals surface area contributed by atoms with E-state index >= 15 is 0 Å². The fraction of sp³-hybridized carbons (Fsp3) is 0.150. The smallest absolute Gasteiger partial charge is 0.206 e. The monoisotopic (exact) mass is 346 g/mol. The molecule has 0 saturated carbocycles. The molecular weight excluding hydrogens is 328 g/mol. The molecule has 0 unspecified atom stereocenters. The Balaban J connectivity index is 1.38. The number of aromatic nitrogens is 3. The van der Waals surface area contributed by atoms with Gasteiger partial charge in [-0.3, -0.25) is 4.98 Å². The Morgan fingerprint density at radius 3 is 2.76 bits per heavy atom. The zero-order chi connectivity index (χ0) is 16.9. The highest BCUT2D eigenvalue weighted by Crippen LogP contribution is 2.28. The van der Waals surface area contributed by atoms with E-state index in [0.29, 0.717) is 0 Å². The van der Waals surface area contributed by atoms with E-state index < -0.39 is 0 Å². The molecule has 0 bridgehead atoms. The second kappa shape index (κ2) is 7.40. The van der Waals surface area contributed by atoms with Crippen molar-refractivity contribution in [3.05, 3.63) is 72.6 Å². The minimum atomic E-state index is 0.873. The van der Waals surface area contributed by atoms with Crippen molar-refractivity contribution in [1.29, 1.82) is 0 Å². The van der Waals surface area contributed by atoms with Crippen LogP contribution in [-0.4, -0.2) is 21.7 Å². The molecule has 0 amide bonds. The van der Waals surface area contributed by atoms with E-state index in [9.17, 15) is 0 Å². The summed E-state index contributed by atoms with van der Waals surface area (Å²) in [5.74, 6) is 0. The Labute approximate surface area is 150 Å². The lowest BCUT2D eigenvalue weighted by Gasteiger charge is -2.02. The highest BCUT2D eigenvalue weighted by Gasteiger charge is 2.07. The molecule has 0 spiro atoms. The molecular formula is C20H18N4S.